The molecule has 0 saturated heterocycles. The van der Waals surface area contributed by atoms with Crippen LogP contribution in [-0.4, -0.2) is 20.0 Å². The fourth-order valence-corrected chi connectivity index (χ4v) is 3.32. The van der Waals surface area contributed by atoms with Crippen LogP contribution in [0.1, 0.15) is 28.5 Å². The first kappa shape index (κ1) is 16.0. The quantitative estimate of drug-likeness (QED) is 0.432. The Kier molecular flexibility index (Phi) is 3.96. The number of H-pyrrole nitrogens is 1. The molecule has 1 N–H and O–H groups in total. The fourth-order valence-electron chi connectivity index (χ4n) is 3.32. The lowest BCUT2D eigenvalue weighted by atomic mass is 9.87. The van der Waals surface area contributed by atoms with Crippen LogP contribution in [0.3, 0.4) is 0 Å². The second kappa shape index (κ2) is 6.44. The Morgan fingerprint density at radius 3 is 2.81 bits per heavy atom. The maximum atomic E-state index is 11.4. The molecular formula is C19H16N4O3. The van der Waals surface area contributed by atoms with Crippen LogP contribution in [0.4, 0.5) is 5.69 Å². The average molecular weight is 348 g/mol. The first-order valence-electron chi connectivity index (χ1n) is 8.21. The number of aromatic nitrogens is 3. The minimum atomic E-state index is -0.431. The maximum Gasteiger partial charge on any atom is 0.334 e. The molecule has 0 bridgehead atoms. The number of hydrogen-bond donors (Lipinski definition) is 1. The highest BCUT2D eigenvalue weighted by Gasteiger charge is 2.29. The Hall–Kier alpha value is -3.48. The van der Waals surface area contributed by atoms with Crippen molar-refractivity contribution in [1.82, 2.24) is 15.1 Å². The predicted molar refractivity (Wildman–Crippen MR) is 96.0 cm³/mol. The number of fused-ring (bicyclic) bond motifs is 1. The number of hydrogen-bond acceptors (Lipinski definition) is 5. The van der Waals surface area contributed by atoms with Crippen LogP contribution in [0.25, 0.3) is 11.0 Å². The zero-order valence-electron chi connectivity index (χ0n) is 14.0. The van der Waals surface area contributed by atoms with Crippen LogP contribution < -0.4 is 0 Å². The predicted octanol–water partition coefficient (Wildman–Crippen LogP) is 4.14. The molecule has 26 heavy (non-hydrogen) atoms. The van der Waals surface area contributed by atoms with E-state index in [1.165, 1.54) is 0 Å². The number of benzene rings is 1. The summed E-state index contributed by atoms with van der Waals surface area (Å²) in [6.45, 7) is 1.58. The second-order valence-corrected chi connectivity index (χ2v) is 6.11. The number of nitro groups is 1. The summed E-state index contributed by atoms with van der Waals surface area (Å²) in [5.74, 6) is 0.153. The van der Waals surface area contributed by atoms with E-state index in [0.717, 1.165) is 22.2 Å². The summed E-state index contributed by atoms with van der Waals surface area (Å²) in [4.78, 5) is 18.5. The fraction of sp³-hybridized carbons (Fsp3) is 0.158. The lowest BCUT2D eigenvalue weighted by Crippen LogP contribution is -2.06. The third-order valence-electron chi connectivity index (χ3n) is 4.53. The molecule has 1 aromatic carbocycles. The van der Waals surface area contributed by atoms with Crippen molar-refractivity contribution in [3.63, 3.8) is 0 Å². The molecule has 7 heteroatoms. The molecule has 1 atom stereocenters. The molecule has 7 nitrogen and oxygen atoms in total. The van der Waals surface area contributed by atoms with Crippen LogP contribution in [0.5, 0.6) is 0 Å². The first-order chi connectivity index (χ1) is 12.6. The van der Waals surface area contributed by atoms with E-state index in [2.05, 4.69) is 15.1 Å². The molecule has 4 rings (SSSR count). The van der Waals surface area contributed by atoms with E-state index in [9.17, 15) is 10.1 Å². The Bertz CT molecular complexity index is 1070. The molecule has 0 amide bonds. The van der Waals surface area contributed by atoms with Crippen LogP contribution in [0.15, 0.2) is 59.4 Å². The highest BCUT2D eigenvalue weighted by atomic mass is 16.6. The van der Waals surface area contributed by atoms with Crippen molar-refractivity contribution in [2.75, 3.05) is 0 Å². The van der Waals surface area contributed by atoms with Gasteiger partial charge in [0, 0.05) is 30.1 Å². The SMILES string of the molecule is Cc1noc(CC(c2ccccc2)c2c[nH]c3ncccc23)c1[N+](=O)[O-]. The number of aromatic amines is 1. The van der Waals surface area contributed by atoms with Crippen LogP contribution in [-0.2, 0) is 6.42 Å². The first-order valence-corrected chi connectivity index (χ1v) is 8.21. The van der Waals surface area contributed by atoms with Gasteiger partial charge in [0.25, 0.3) is 0 Å². The van der Waals surface area contributed by atoms with Crippen molar-refractivity contribution < 1.29 is 9.45 Å². The van der Waals surface area contributed by atoms with Gasteiger partial charge in [-0.15, -0.1) is 0 Å². The minimum absolute atomic E-state index is 0.0519. The van der Waals surface area contributed by atoms with Crippen molar-refractivity contribution in [3.05, 3.63) is 87.6 Å². The summed E-state index contributed by atoms with van der Waals surface area (Å²) >= 11 is 0. The average Bonchev–Trinajstić information content (AvgIpc) is 3.24. The normalized spacial score (nSPS) is 12.3. The van der Waals surface area contributed by atoms with E-state index in [-0.39, 0.29) is 23.1 Å². The Morgan fingerprint density at radius 2 is 2.04 bits per heavy atom. The highest BCUT2D eigenvalue weighted by Crippen LogP contribution is 2.35. The van der Waals surface area contributed by atoms with Gasteiger partial charge in [-0.25, -0.2) is 4.98 Å². The van der Waals surface area contributed by atoms with Gasteiger partial charge in [-0.1, -0.05) is 35.5 Å². The largest absolute Gasteiger partial charge is 0.354 e. The summed E-state index contributed by atoms with van der Waals surface area (Å²) in [5.41, 5.74) is 3.08. The smallest absolute Gasteiger partial charge is 0.334 e. The molecule has 0 spiro atoms. The van der Waals surface area contributed by atoms with Crippen LogP contribution in [0, 0.1) is 17.0 Å². The molecule has 0 aliphatic heterocycles. The molecule has 0 fully saturated rings. The van der Waals surface area contributed by atoms with Gasteiger partial charge in [0.05, 0.1) is 4.92 Å². The van der Waals surface area contributed by atoms with E-state index in [4.69, 9.17) is 4.52 Å². The van der Waals surface area contributed by atoms with E-state index >= 15 is 0 Å². The highest BCUT2D eigenvalue weighted by molar-refractivity contribution is 5.80. The van der Waals surface area contributed by atoms with Gasteiger partial charge < -0.3 is 9.51 Å². The third kappa shape index (κ3) is 2.73. The molecule has 3 aromatic heterocycles. The summed E-state index contributed by atoms with van der Waals surface area (Å²) in [6.07, 6.45) is 3.97. The molecular weight excluding hydrogens is 332 g/mol. The monoisotopic (exact) mass is 348 g/mol. The van der Waals surface area contributed by atoms with Crippen molar-refractivity contribution >= 4 is 16.7 Å². The number of nitrogens with one attached hydrogen (secondary N) is 1. The summed E-state index contributed by atoms with van der Waals surface area (Å²) in [6, 6.07) is 13.7. The van der Waals surface area contributed by atoms with E-state index in [0.29, 0.717) is 6.42 Å². The number of pyridine rings is 1. The van der Waals surface area contributed by atoms with Crippen molar-refractivity contribution in [1.29, 1.82) is 0 Å². The number of rotatable bonds is 5. The Morgan fingerprint density at radius 1 is 1.23 bits per heavy atom. The summed E-state index contributed by atoms with van der Waals surface area (Å²) in [5, 5.41) is 16.2. The second-order valence-electron chi connectivity index (χ2n) is 6.11. The molecule has 0 aliphatic rings. The van der Waals surface area contributed by atoms with E-state index in [1.807, 2.05) is 48.7 Å². The zero-order valence-corrected chi connectivity index (χ0v) is 14.0. The van der Waals surface area contributed by atoms with Crippen LogP contribution >= 0.6 is 0 Å². The molecule has 0 aliphatic carbocycles. The van der Waals surface area contributed by atoms with Crippen molar-refractivity contribution in [3.8, 4) is 0 Å². The van der Waals surface area contributed by atoms with Gasteiger partial charge in [0.1, 0.15) is 5.65 Å². The van der Waals surface area contributed by atoms with Gasteiger partial charge in [0.2, 0.25) is 5.76 Å². The summed E-state index contributed by atoms with van der Waals surface area (Å²) < 4.78 is 5.30. The standard InChI is InChI=1S/C19H16N4O3/c1-12-18(23(24)25)17(26-22-12)10-15(13-6-3-2-4-7-13)16-11-21-19-14(16)8-5-9-20-19/h2-9,11,15H,10H2,1H3,(H,20,21). The lowest BCUT2D eigenvalue weighted by molar-refractivity contribution is -0.386. The molecule has 130 valence electrons. The molecule has 4 aromatic rings. The van der Waals surface area contributed by atoms with Gasteiger partial charge in [-0.3, -0.25) is 10.1 Å². The maximum absolute atomic E-state index is 11.4. The van der Waals surface area contributed by atoms with Gasteiger partial charge >= 0.3 is 5.69 Å². The van der Waals surface area contributed by atoms with E-state index < -0.39 is 4.92 Å². The van der Waals surface area contributed by atoms with Crippen LogP contribution in [0.2, 0.25) is 0 Å². The third-order valence-corrected chi connectivity index (χ3v) is 4.53. The van der Waals surface area contributed by atoms with Gasteiger partial charge in [-0.05, 0) is 30.2 Å². The number of aryl methyl sites for hydroxylation is 1. The molecule has 0 saturated carbocycles. The topological polar surface area (TPSA) is 97.8 Å². The zero-order chi connectivity index (χ0) is 18.1. The minimum Gasteiger partial charge on any atom is -0.354 e. The molecule has 3 heterocycles. The number of nitrogens with zero attached hydrogens (tertiary/aromatic N) is 3. The Labute approximate surface area is 148 Å². The lowest BCUT2D eigenvalue weighted by Gasteiger charge is -2.15. The van der Waals surface area contributed by atoms with Gasteiger partial charge in [-0.2, -0.15) is 0 Å². The van der Waals surface area contributed by atoms with E-state index in [1.54, 1.807) is 13.1 Å². The Balaban J connectivity index is 1.84. The van der Waals surface area contributed by atoms with Gasteiger partial charge in [0.15, 0.2) is 5.69 Å². The summed E-state index contributed by atoms with van der Waals surface area (Å²) in [7, 11) is 0. The van der Waals surface area contributed by atoms with Crippen molar-refractivity contribution in [2.24, 2.45) is 0 Å². The molecule has 0 radical (unpaired) electrons. The van der Waals surface area contributed by atoms with Crippen molar-refractivity contribution in [2.45, 2.75) is 19.3 Å². The molecule has 1 unspecified atom stereocenters.